The first-order valence-electron chi connectivity index (χ1n) is 5.73. The summed E-state index contributed by atoms with van der Waals surface area (Å²) in [6, 6.07) is 1.52. The van der Waals surface area contributed by atoms with Crippen LogP contribution in [-0.2, 0) is 16.6 Å². The Balaban J connectivity index is 2.36. The second kappa shape index (κ2) is 5.90. The Hall–Kier alpha value is -1.45. The summed E-state index contributed by atoms with van der Waals surface area (Å²) in [5.74, 6) is 0.879. The molecule has 2 aromatic rings. The maximum atomic E-state index is 12.6. The van der Waals surface area contributed by atoms with E-state index in [1.165, 1.54) is 23.6 Å². The van der Waals surface area contributed by atoms with Gasteiger partial charge in [-0.15, -0.1) is 0 Å². The number of sulfonamides is 1. The Morgan fingerprint density at radius 1 is 1.45 bits per heavy atom. The number of nitrogens with zero attached hydrogens (tertiary/aromatic N) is 3. The molecule has 0 aliphatic heterocycles. The smallest absolute Gasteiger partial charge is 0.246 e. The van der Waals surface area contributed by atoms with Crippen molar-refractivity contribution in [2.24, 2.45) is 0 Å². The number of imidazole rings is 1. The molecule has 0 amide bonds. The largest absolute Gasteiger partial charge is 0.372 e. The van der Waals surface area contributed by atoms with Gasteiger partial charge in [0.1, 0.15) is 16.5 Å². The van der Waals surface area contributed by atoms with Gasteiger partial charge in [-0.3, -0.25) is 0 Å². The van der Waals surface area contributed by atoms with Gasteiger partial charge in [0.2, 0.25) is 10.0 Å². The fraction of sp³-hybridized carbons (Fsp3) is 0.273. The highest BCUT2D eigenvalue weighted by atomic mass is 79.9. The molecule has 2 aromatic heterocycles. The van der Waals surface area contributed by atoms with Gasteiger partial charge in [-0.2, -0.15) is 4.31 Å². The van der Waals surface area contributed by atoms with Gasteiger partial charge in [0.25, 0.3) is 0 Å². The number of nitrogens with one attached hydrogen (secondary N) is 2. The van der Waals surface area contributed by atoms with Gasteiger partial charge in [0.05, 0.1) is 6.54 Å². The summed E-state index contributed by atoms with van der Waals surface area (Å²) in [5, 5.41) is 2.78. The van der Waals surface area contributed by atoms with E-state index in [1.807, 2.05) is 0 Å². The number of hydrogen-bond acceptors (Lipinski definition) is 5. The van der Waals surface area contributed by atoms with Crippen molar-refractivity contribution in [1.82, 2.24) is 19.3 Å². The number of H-pyrrole nitrogens is 1. The molecule has 108 valence electrons. The number of aromatic nitrogens is 3. The minimum atomic E-state index is -3.66. The monoisotopic (exact) mass is 359 g/mol. The van der Waals surface area contributed by atoms with Crippen LogP contribution in [-0.4, -0.2) is 41.8 Å². The molecule has 0 aliphatic carbocycles. The first kappa shape index (κ1) is 14.9. The zero-order valence-corrected chi connectivity index (χ0v) is 13.4. The fourth-order valence-electron chi connectivity index (χ4n) is 1.65. The van der Waals surface area contributed by atoms with Crippen LogP contribution in [0, 0.1) is 0 Å². The third kappa shape index (κ3) is 3.00. The molecule has 0 saturated heterocycles. The summed E-state index contributed by atoms with van der Waals surface area (Å²) >= 11 is 3.24. The van der Waals surface area contributed by atoms with Crippen LogP contribution in [0.1, 0.15) is 5.82 Å². The molecule has 20 heavy (non-hydrogen) atoms. The number of anilines is 1. The molecule has 0 saturated carbocycles. The van der Waals surface area contributed by atoms with E-state index in [0.29, 0.717) is 16.1 Å². The minimum absolute atomic E-state index is 0.114. The zero-order chi connectivity index (χ0) is 14.8. The van der Waals surface area contributed by atoms with Crippen molar-refractivity contribution in [3.63, 3.8) is 0 Å². The first-order valence-corrected chi connectivity index (χ1v) is 7.96. The SMILES string of the molecule is CNc1ncc(Br)cc1S(=O)(=O)N(C)Cc1ncc[nH]1. The third-order valence-corrected chi connectivity index (χ3v) is 4.92. The van der Waals surface area contributed by atoms with Crippen LogP contribution in [0.15, 0.2) is 34.0 Å². The van der Waals surface area contributed by atoms with Crippen molar-refractivity contribution < 1.29 is 8.42 Å². The van der Waals surface area contributed by atoms with Crippen LogP contribution in [0.3, 0.4) is 0 Å². The van der Waals surface area contributed by atoms with Gasteiger partial charge in [0.15, 0.2) is 0 Å². The van der Waals surface area contributed by atoms with E-state index in [-0.39, 0.29) is 11.4 Å². The van der Waals surface area contributed by atoms with Crippen molar-refractivity contribution in [3.05, 3.63) is 35.0 Å². The molecule has 7 nitrogen and oxygen atoms in total. The summed E-state index contributed by atoms with van der Waals surface area (Å²) in [7, 11) is -0.537. The number of pyridine rings is 1. The molecule has 0 aromatic carbocycles. The summed E-state index contributed by atoms with van der Waals surface area (Å²) < 4.78 is 27.0. The zero-order valence-electron chi connectivity index (χ0n) is 11.0. The summed E-state index contributed by atoms with van der Waals surface area (Å²) in [6.07, 6.45) is 4.77. The summed E-state index contributed by atoms with van der Waals surface area (Å²) in [5.41, 5.74) is 0. The minimum Gasteiger partial charge on any atom is -0.372 e. The highest BCUT2D eigenvalue weighted by Crippen LogP contribution is 2.25. The predicted octanol–water partition coefficient (Wildman–Crippen LogP) is 1.43. The first-order chi connectivity index (χ1) is 9.45. The third-order valence-electron chi connectivity index (χ3n) is 2.67. The highest BCUT2D eigenvalue weighted by molar-refractivity contribution is 9.10. The molecule has 0 aliphatic rings. The molecule has 0 radical (unpaired) electrons. The van der Waals surface area contributed by atoms with Crippen LogP contribution in [0.25, 0.3) is 0 Å². The lowest BCUT2D eigenvalue weighted by Gasteiger charge is -2.17. The standard InChI is InChI=1S/C11H14BrN5O2S/c1-13-11-9(5-8(12)6-16-11)20(18,19)17(2)7-10-14-3-4-15-10/h3-6H,7H2,1-2H3,(H,13,16)(H,14,15). The molecule has 0 unspecified atom stereocenters. The summed E-state index contributed by atoms with van der Waals surface area (Å²) in [4.78, 5) is 11.1. The maximum Gasteiger partial charge on any atom is 0.246 e. The van der Waals surface area contributed by atoms with E-state index in [4.69, 9.17) is 0 Å². The molecule has 0 bridgehead atoms. The second-order valence-electron chi connectivity index (χ2n) is 4.05. The normalized spacial score (nSPS) is 11.8. The lowest BCUT2D eigenvalue weighted by molar-refractivity contribution is 0.458. The van der Waals surface area contributed by atoms with Gasteiger partial charge in [-0.1, -0.05) is 0 Å². The Morgan fingerprint density at radius 2 is 2.20 bits per heavy atom. The lowest BCUT2D eigenvalue weighted by atomic mass is 10.4. The topological polar surface area (TPSA) is 91.0 Å². The van der Waals surface area contributed by atoms with Crippen molar-refractivity contribution in [2.45, 2.75) is 11.4 Å². The molecule has 0 spiro atoms. The van der Waals surface area contributed by atoms with E-state index in [9.17, 15) is 8.42 Å². The van der Waals surface area contributed by atoms with E-state index >= 15 is 0 Å². The molecule has 0 fully saturated rings. The highest BCUT2D eigenvalue weighted by Gasteiger charge is 2.25. The van der Waals surface area contributed by atoms with E-state index in [0.717, 1.165) is 0 Å². The predicted molar refractivity (Wildman–Crippen MR) is 78.7 cm³/mol. The molecule has 0 atom stereocenters. The quantitative estimate of drug-likeness (QED) is 0.842. The van der Waals surface area contributed by atoms with Crippen molar-refractivity contribution >= 4 is 31.8 Å². The van der Waals surface area contributed by atoms with Gasteiger partial charge in [-0.05, 0) is 22.0 Å². The molecule has 2 heterocycles. The van der Waals surface area contributed by atoms with E-state index in [1.54, 1.807) is 19.4 Å². The van der Waals surface area contributed by atoms with Gasteiger partial charge < -0.3 is 10.3 Å². The Morgan fingerprint density at radius 3 is 2.80 bits per heavy atom. The second-order valence-corrected chi connectivity index (χ2v) is 6.98. The van der Waals surface area contributed by atoms with Crippen LogP contribution < -0.4 is 5.32 Å². The Labute approximate surface area is 125 Å². The van der Waals surface area contributed by atoms with Gasteiger partial charge in [0, 0.05) is 37.2 Å². The van der Waals surface area contributed by atoms with Gasteiger partial charge in [-0.25, -0.2) is 18.4 Å². The molecule has 2 rings (SSSR count). The molecular formula is C11H14BrN5O2S. The Bertz CT molecular complexity index is 687. The average molecular weight is 360 g/mol. The van der Waals surface area contributed by atoms with Crippen molar-refractivity contribution in [3.8, 4) is 0 Å². The summed E-state index contributed by atoms with van der Waals surface area (Å²) in [6.45, 7) is 0.158. The number of rotatable bonds is 5. The van der Waals surface area contributed by atoms with E-state index < -0.39 is 10.0 Å². The van der Waals surface area contributed by atoms with Crippen LogP contribution >= 0.6 is 15.9 Å². The molecule has 9 heteroatoms. The number of aromatic amines is 1. The molecule has 2 N–H and O–H groups in total. The van der Waals surface area contributed by atoms with Crippen LogP contribution in [0.2, 0.25) is 0 Å². The number of hydrogen-bond donors (Lipinski definition) is 2. The molecular weight excluding hydrogens is 346 g/mol. The van der Waals surface area contributed by atoms with Crippen LogP contribution in [0.5, 0.6) is 0 Å². The van der Waals surface area contributed by atoms with Crippen LogP contribution in [0.4, 0.5) is 5.82 Å². The van der Waals surface area contributed by atoms with Crippen molar-refractivity contribution in [1.29, 1.82) is 0 Å². The van der Waals surface area contributed by atoms with E-state index in [2.05, 4.69) is 36.2 Å². The Kier molecular flexibility index (Phi) is 4.41. The lowest BCUT2D eigenvalue weighted by Crippen LogP contribution is -2.28. The van der Waals surface area contributed by atoms with Gasteiger partial charge >= 0.3 is 0 Å². The van der Waals surface area contributed by atoms with Crippen molar-refractivity contribution in [2.75, 3.05) is 19.4 Å². The average Bonchev–Trinajstić information content (AvgIpc) is 2.91. The maximum absolute atomic E-state index is 12.6. The number of halogens is 1. The fourth-order valence-corrected chi connectivity index (χ4v) is 3.44.